The molecule has 0 spiro atoms. The molecule has 11 heteroatoms. The molecule has 0 radical (unpaired) electrons. The van der Waals surface area contributed by atoms with Gasteiger partial charge in [-0.1, -0.05) is 46.8 Å². The number of amides is 2. The van der Waals surface area contributed by atoms with E-state index in [-0.39, 0.29) is 0 Å². The van der Waals surface area contributed by atoms with E-state index in [1.807, 2.05) is 48.5 Å². The highest BCUT2D eigenvalue weighted by atomic mass is 32.1. The monoisotopic (exact) mass is 553 g/mol. The molecule has 10 nitrogen and oxygen atoms in total. The molecule has 3 aromatic heterocycles. The van der Waals surface area contributed by atoms with Gasteiger partial charge in [0.25, 0.3) is 0 Å². The first-order valence-corrected chi connectivity index (χ1v) is 13.3. The molecule has 0 saturated carbocycles. The maximum Gasteiger partial charge on any atom is 0.357 e. The highest BCUT2D eigenvalue weighted by molar-refractivity contribution is 7.23. The van der Waals surface area contributed by atoms with Gasteiger partial charge in [-0.3, -0.25) is 4.40 Å². The van der Waals surface area contributed by atoms with Crippen molar-refractivity contribution in [2.75, 3.05) is 17.2 Å². The normalized spacial score (nSPS) is 11.1. The lowest BCUT2D eigenvalue weighted by atomic mass is 10.1. The Hall–Kier alpha value is -5.16. The van der Waals surface area contributed by atoms with Crippen molar-refractivity contribution in [3.8, 4) is 22.8 Å². The molecule has 3 aromatic carbocycles. The Morgan fingerprint density at radius 3 is 2.55 bits per heavy atom. The number of carbonyl (C=O) groups is 2. The van der Waals surface area contributed by atoms with Crippen molar-refractivity contribution in [1.82, 2.24) is 14.5 Å². The lowest BCUT2D eigenvalue weighted by Crippen LogP contribution is -2.20. The number of fused-ring (bicyclic) bond motifs is 3. The number of nitrogens with one attached hydrogen (secondary N) is 2. The van der Waals surface area contributed by atoms with Crippen molar-refractivity contribution in [2.24, 2.45) is 0 Å². The van der Waals surface area contributed by atoms with Gasteiger partial charge in [0.15, 0.2) is 16.4 Å². The highest BCUT2D eigenvalue weighted by Gasteiger charge is 2.19. The van der Waals surface area contributed by atoms with E-state index in [2.05, 4.69) is 20.8 Å². The molecule has 0 unspecified atom stereocenters. The fraction of sp³-hybridized carbons (Fsp3) is 0.103. The number of aryl methyl sites for hydroxylation is 1. The van der Waals surface area contributed by atoms with Gasteiger partial charge in [-0.05, 0) is 50.2 Å². The Kier molecular flexibility index (Phi) is 6.62. The molecule has 6 aromatic rings. The summed E-state index contributed by atoms with van der Waals surface area (Å²) in [6.45, 7) is 3.80. The van der Waals surface area contributed by atoms with Crippen LogP contribution in [0.2, 0.25) is 0 Å². The third kappa shape index (κ3) is 4.85. The summed E-state index contributed by atoms with van der Waals surface area (Å²) in [7, 11) is 0. The van der Waals surface area contributed by atoms with Crippen LogP contribution in [0.1, 0.15) is 23.2 Å². The Morgan fingerprint density at radius 2 is 1.77 bits per heavy atom. The van der Waals surface area contributed by atoms with Crippen molar-refractivity contribution < 1.29 is 23.6 Å². The van der Waals surface area contributed by atoms with Gasteiger partial charge in [-0.2, -0.15) is 0 Å². The zero-order valence-electron chi connectivity index (χ0n) is 21.5. The molecule has 6 rings (SSSR count). The second-order valence-corrected chi connectivity index (χ2v) is 9.76. The van der Waals surface area contributed by atoms with Gasteiger partial charge in [-0.15, -0.1) is 0 Å². The number of imidazole rings is 1. The van der Waals surface area contributed by atoms with Crippen LogP contribution in [0, 0.1) is 6.92 Å². The lowest BCUT2D eigenvalue weighted by molar-refractivity contribution is 0.0518. The molecule has 2 N–H and O–H groups in total. The number of carbonyl (C=O) groups excluding carboxylic acids is 2. The fourth-order valence-electron chi connectivity index (χ4n) is 4.24. The van der Waals surface area contributed by atoms with Gasteiger partial charge < -0.3 is 24.6 Å². The number of hydrogen-bond acceptors (Lipinski definition) is 8. The first-order valence-electron chi connectivity index (χ1n) is 12.4. The number of anilines is 2. The van der Waals surface area contributed by atoms with Crippen LogP contribution in [-0.2, 0) is 4.74 Å². The fourth-order valence-corrected chi connectivity index (χ4v) is 5.27. The van der Waals surface area contributed by atoms with E-state index in [1.165, 1.54) is 17.5 Å². The molecule has 0 aliphatic heterocycles. The van der Waals surface area contributed by atoms with E-state index in [0.29, 0.717) is 51.6 Å². The van der Waals surface area contributed by atoms with Gasteiger partial charge in [0.2, 0.25) is 0 Å². The van der Waals surface area contributed by atoms with Crippen molar-refractivity contribution in [2.45, 2.75) is 13.8 Å². The predicted molar refractivity (Wildman–Crippen MR) is 152 cm³/mol. The van der Waals surface area contributed by atoms with Gasteiger partial charge in [0.1, 0.15) is 22.9 Å². The average Bonchev–Trinajstić information content (AvgIpc) is 3.64. The molecule has 3 heterocycles. The molecular formula is C29H23N5O5S. The molecule has 40 heavy (non-hydrogen) atoms. The molecule has 0 fully saturated rings. The van der Waals surface area contributed by atoms with Crippen molar-refractivity contribution in [3.05, 3.63) is 90.4 Å². The number of hydrogen-bond donors (Lipinski definition) is 2. The highest BCUT2D eigenvalue weighted by Crippen LogP contribution is 2.33. The predicted octanol–water partition coefficient (Wildman–Crippen LogP) is 7.13. The maximum absolute atomic E-state index is 12.7. The largest absolute Gasteiger partial charge is 0.461 e. The van der Waals surface area contributed by atoms with Gasteiger partial charge in [0.05, 0.1) is 23.0 Å². The van der Waals surface area contributed by atoms with Crippen LogP contribution in [0.5, 0.6) is 11.5 Å². The summed E-state index contributed by atoms with van der Waals surface area (Å²) in [4.78, 5) is 30.0. The van der Waals surface area contributed by atoms with E-state index >= 15 is 0 Å². The van der Waals surface area contributed by atoms with Crippen LogP contribution >= 0.6 is 11.3 Å². The molecule has 0 aliphatic carbocycles. The van der Waals surface area contributed by atoms with Crippen LogP contribution in [0.25, 0.3) is 26.4 Å². The van der Waals surface area contributed by atoms with E-state index in [4.69, 9.17) is 14.0 Å². The summed E-state index contributed by atoms with van der Waals surface area (Å²) in [5.74, 6) is 1.32. The van der Waals surface area contributed by atoms with Crippen LogP contribution in [0.4, 0.5) is 16.2 Å². The second kappa shape index (κ2) is 10.5. The molecule has 0 saturated heterocycles. The lowest BCUT2D eigenvalue weighted by Gasteiger charge is -2.10. The number of ether oxygens (including phenoxy) is 2. The summed E-state index contributed by atoms with van der Waals surface area (Å²) >= 11 is 1.45. The molecule has 0 aliphatic rings. The van der Waals surface area contributed by atoms with Gasteiger partial charge in [-0.25, -0.2) is 14.6 Å². The first kappa shape index (κ1) is 25.1. The summed E-state index contributed by atoms with van der Waals surface area (Å²) < 4.78 is 19.2. The third-order valence-electron chi connectivity index (χ3n) is 6.08. The van der Waals surface area contributed by atoms with Gasteiger partial charge in [0, 0.05) is 17.3 Å². The standard InChI is InChI=1S/C29H23N5O5S/c1-3-37-27(35)23-16-30-29-34(23)22-14-13-21(15-24(22)40-29)38-20-11-9-19(10-12-20)31-28(36)32-25-17(2)39-33-26(25)18-7-5-4-6-8-18/h4-16H,3H2,1-2H3,(H2,31,32,36). The Bertz CT molecular complexity index is 1840. The first-order chi connectivity index (χ1) is 19.5. The molecule has 2 amide bonds. The van der Waals surface area contributed by atoms with Crippen LogP contribution in [-0.4, -0.2) is 33.1 Å². The van der Waals surface area contributed by atoms with E-state index in [9.17, 15) is 9.59 Å². The minimum Gasteiger partial charge on any atom is -0.461 e. The minimum absolute atomic E-state index is 0.293. The number of urea groups is 1. The Morgan fingerprint density at radius 1 is 1.00 bits per heavy atom. The third-order valence-corrected chi connectivity index (χ3v) is 7.10. The second-order valence-electron chi connectivity index (χ2n) is 8.75. The summed E-state index contributed by atoms with van der Waals surface area (Å²) in [6, 6.07) is 21.7. The number of esters is 1. The summed E-state index contributed by atoms with van der Waals surface area (Å²) in [6.07, 6.45) is 1.53. The maximum atomic E-state index is 12.7. The molecule has 0 atom stereocenters. The number of nitrogens with zero attached hydrogens (tertiary/aromatic N) is 3. The molecular weight excluding hydrogens is 530 g/mol. The van der Waals surface area contributed by atoms with Crippen LogP contribution in [0.3, 0.4) is 0 Å². The van der Waals surface area contributed by atoms with Crippen LogP contribution in [0.15, 0.2) is 83.5 Å². The van der Waals surface area contributed by atoms with Crippen molar-refractivity contribution >= 4 is 49.9 Å². The molecule has 0 bridgehead atoms. The number of rotatable bonds is 7. The van der Waals surface area contributed by atoms with Crippen molar-refractivity contribution in [3.63, 3.8) is 0 Å². The Balaban J connectivity index is 1.13. The number of benzene rings is 3. The van der Waals surface area contributed by atoms with E-state index in [0.717, 1.165) is 15.8 Å². The zero-order chi connectivity index (χ0) is 27.6. The van der Waals surface area contributed by atoms with Crippen LogP contribution < -0.4 is 15.4 Å². The topological polar surface area (TPSA) is 120 Å². The summed E-state index contributed by atoms with van der Waals surface area (Å²) in [5.41, 5.74) is 3.72. The van der Waals surface area contributed by atoms with Gasteiger partial charge >= 0.3 is 12.0 Å². The smallest absolute Gasteiger partial charge is 0.357 e. The van der Waals surface area contributed by atoms with Crippen molar-refractivity contribution in [1.29, 1.82) is 0 Å². The number of aromatic nitrogens is 3. The zero-order valence-corrected chi connectivity index (χ0v) is 22.3. The average molecular weight is 554 g/mol. The SMILES string of the molecule is CCOC(=O)c1cnc2sc3cc(Oc4ccc(NC(=O)Nc5c(-c6ccccc6)noc5C)cc4)ccc3n12. The minimum atomic E-state index is -0.424. The van der Waals surface area contributed by atoms with E-state index < -0.39 is 12.0 Å². The Labute approximate surface area is 232 Å². The summed E-state index contributed by atoms with van der Waals surface area (Å²) in [5, 5.41) is 9.73. The quantitative estimate of drug-likeness (QED) is 0.202. The number of thiazole rings is 1. The van der Waals surface area contributed by atoms with E-state index in [1.54, 1.807) is 42.5 Å². The molecule has 200 valence electrons.